The maximum Gasteiger partial charge on any atom is 0.341 e. The smallest absolute Gasteiger partial charge is 0.341 e. The van der Waals surface area contributed by atoms with E-state index in [-0.39, 0.29) is 17.0 Å². The molecule has 0 heterocycles. The van der Waals surface area contributed by atoms with E-state index in [1.165, 1.54) is 19.2 Å². The molecule has 0 bridgehead atoms. The Morgan fingerprint density at radius 2 is 1.76 bits per heavy atom. The van der Waals surface area contributed by atoms with Crippen molar-refractivity contribution in [2.45, 2.75) is 6.92 Å². The van der Waals surface area contributed by atoms with Gasteiger partial charge in [0.2, 0.25) is 0 Å². The van der Waals surface area contributed by atoms with Gasteiger partial charge in [-0.1, -0.05) is 30.3 Å². The molecule has 0 unspecified atom stereocenters. The standard InChI is InChI=1S/C19H15NO5/c1-12-9-18(16(19(21)24-2)11-17(12)20(22)23)25-15-8-7-13-5-3-4-6-14(13)10-15/h3-11H,1-2H3. The van der Waals surface area contributed by atoms with Gasteiger partial charge in [0.25, 0.3) is 5.69 Å². The zero-order valence-electron chi connectivity index (χ0n) is 13.7. The number of ether oxygens (including phenoxy) is 2. The lowest BCUT2D eigenvalue weighted by atomic mass is 10.1. The summed E-state index contributed by atoms with van der Waals surface area (Å²) < 4.78 is 10.6. The summed E-state index contributed by atoms with van der Waals surface area (Å²) in [4.78, 5) is 22.6. The molecule has 3 aromatic rings. The molecule has 0 fully saturated rings. The van der Waals surface area contributed by atoms with Crippen molar-refractivity contribution < 1.29 is 19.2 Å². The van der Waals surface area contributed by atoms with Gasteiger partial charge in [0.1, 0.15) is 17.1 Å². The van der Waals surface area contributed by atoms with E-state index in [9.17, 15) is 14.9 Å². The number of carbonyl (C=O) groups is 1. The highest BCUT2D eigenvalue weighted by atomic mass is 16.6. The van der Waals surface area contributed by atoms with Crippen LogP contribution in [0.3, 0.4) is 0 Å². The van der Waals surface area contributed by atoms with Gasteiger partial charge in [-0.05, 0) is 35.9 Å². The molecule has 0 aliphatic heterocycles. The molecule has 3 rings (SSSR count). The zero-order chi connectivity index (χ0) is 18.0. The first-order valence-electron chi connectivity index (χ1n) is 7.53. The number of carbonyl (C=O) groups excluding carboxylic acids is 1. The minimum Gasteiger partial charge on any atom is -0.465 e. The van der Waals surface area contributed by atoms with Crippen molar-refractivity contribution in [3.8, 4) is 11.5 Å². The summed E-state index contributed by atoms with van der Waals surface area (Å²) in [6, 6.07) is 16.0. The monoisotopic (exact) mass is 337 g/mol. The van der Waals surface area contributed by atoms with Crippen molar-refractivity contribution in [2.24, 2.45) is 0 Å². The first kappa shape index (κ1) is 16.4. The van der Waals surface area contributed by atoms with E-state index in [2.05, 4.69) is 0 Å². The molecule has 3 aromatic carbocycles. The summed E-state index contributed by atoms with van der Waals surface area (Å²) in [5.74, 6) is 0.0428. The van der Waals surface area contributed by atoms with Gasteiger partial charge in [-0.25, -0.2) is 4.79 Å². The SMILES string of the molecule is COC(=O)c1cc([N+](=O)[O-])c(C)cc1Oc1ccc2ccccc2c1. The fourth-order valence-electron chi connectivity index (χ4n) is 2.58. The second-order valence-corrected chi connectivity index (χ2v) is 5.49. The van der Waals surface area contributed by atoms with Gasteiger partial charge in [-0.3, -0.25) is 10.1 Å². The number of benzene rings is 3. The lowest BCUT2D eigenvalue weighted by Gasteiger charge is -2.12. The fourth-order valence-corrected chi connectivity index (χ4v) is 2.58. The maximum absolute atomic E-state index is 12.0. The molecule has 6 nitrogen and oxygen atoms in total. The third-order valence-electron chi connectivity index (χ3n) is 3.85. The molecule has 0 amide bonds. The lowest BCUT2D eigenvalue weighted by Crippen LogP contribution is -2.06. The number of rotatable bonds is 4. The van der Waals surface area contributed by atoms with Gasteiger partial charge in [-0.15, -0.1) is 0 Å². The molecule has 25 heavy (non-hydrogen) atoms. The normalized spacial score (nSPS) is 10.5. The highest BCUT2D eigenvalue weighted by Gasteiger charge is 2.22. The zero-order valence-corrected chi connectivity index (χ0v) is 13.7. The number of nitro benzene ring substituents is 1. The molecule has 0 N–H and O–H groups in total. The Bertz CT molecular complexity index is 981. The molecule has 0 spiro atoms. The van der Waals surface area contributed by atoms with Gasteiger partial charge in [0, 0.05) is 11.6 Å². The Hall–Kier alpha value is -3.41. The van der Waals surface area contributed by atoms with Crippen molar-refractivity contribution in [1.82, 2.24) is 0 Å². The molecular formula is C19H15NO5. The molecule has 0 aromatic heterocycles. The Kier molecular flexibility index (Phi) is 4.35. The van der Waals surface area contributed by atoms with Crippen LogP contribution in [0.15, 0.2) is 54.6 Å². The topological polar surface area (TPSA) is 78.7 Å². The lowest BCUT2D eigenvalue weighted by molar-refractivity contribution is -0.385. The summed E-state index contributed by atoms with van der Waals surface area (Å²) in [5.41, 5.74) is 0.243. The number of hydrogen-bond acceptors (Lipinski definition) is 5. The highest BCUT2D eigenvalue weighted by Crippen LogP contribution is 2.33. The molecular weight excluding hydrogens is 322 g/mol. The summed E-state index contributed by atoms with van der Waals surface area (Å²) in [5, 5.41) is 13.2. The summed E-state index contributed by atoms with van der Waals surface area (Å²) in [6.45, 7) is 1.59. The maximum atomic E-state index is 12.0. The number of hydrogen-bond donors (Lipinski definition) is 0. The van der Waals surface area contributed by atoms with E-state index in [1.54, 1.807) is 13.0 Å². The first-order valence-corrected chi connectivity index (χ1v) is 7.53. The van der Waals surface area contributed by atoms with Crippen LogP contribution in [0.25, 0.3) is 10.8 Å². The number of aryl methyl sites for hydroxylation is 1. The van der Waals surface area contributed by atoms with Crippen molar-refractivity contribution >= 4 is 22.4 Å². The molecule has 126 valence electrons. The quantitative estimate of drug-likeness (QED) is 0.394. The Morgan fingerprint density at radius 3 is 2.44 bits per heavy atom. The number of nitro groups is 1. The number of nitrogens with zero attached hydrogens (tertiary/aromatic N) is 1. The molecule has 0 saturated heterocycles. The van der Waals surface area contributed by atoms with Gasteiger partial charge in [-0.2, -0.15) is 0 Å². The van der Waals surface area contributed by atoms with Gasteiger partial charge in [0.15, 0.2) is 0 Å². The van der Waals surface area contributed by atoms with Gasteiger partial charge in [0.05, 0.1) is 12.0 Å². The van der Waals surface area contributed by atoms with E-state index in [0.717, 1.165) is 10.8 Å². The minimum atomic E-state index is -0.695. The van der Waals surface area contributed by atoms with Crippen molar-refractivity contribution in [2.75, 3.05) is 7.11 Å². The minimum absolute atomic E-state index is 0.00737. The highest BCUT2D eigenvalue weighted by molar-refractivity contribution is 5.93. The van der Waals surface area contributed by atoms with Crippen LogP contribution in [0, 0.1) is 17.0 Å². The molecule has 0 aliphatic carbocycles. The number of fused-ring (bicyclic) bond motifs is 1. The van der Waals surface area contributed by atoms with Gasteiger partial charge >= 0.3 is 5.97 Å². The molecule has 0 radical (unpaired) electrons. The van der Waals surface area contributed by atoms with Crippen LogP contribution >= 0.6 is 0 Å². The van der Waals surface area contributed by atoms with Crippen molar-refractivity contribution in [1.29, 1.82) is 0 Å². The van der Waals surface area contributed by atoms with Crippen LogP contribution in [-0.4, -0.2) is 18.0 Å². The van der Waals surface area contributed by atoms with Crippen LogP contribution in [0.1, 0.15) is 15.9 Å². The Balaban J connectivity index is 2.06. The van der Waals surface area contributed by atoms with Crippen molar-refractivity contribution in [3.05, 3.63) is 75.8 Å². The second-order valence-electron chi connectivity index (χ2n) is 5.49. The summed E-state index contributed by atoms with van der Waals surface area (Å²) >= 11 is 0. The third-order valence-corrected chi connectivity index (χ3v) is 3.85. The van der Waals surface area contributed by atoms with E-state index < -0.39 is 10.9 Å². The van der Waals surface area contributed by atoms with Crippen LogP contribution in [0.4, 0.5) is 5.69 Å². The molecule has 0 aliphatic rings. The first-order chi connectivity index (χ1) is 12.0. The van der Waals surface area contributed by atoms with Crippen molar-refractivity contribution in [3.63, 3.8) is 0 Å². The predicted octanol–water partition coefficient (Wildman–Crippen LogP) is 4.64. The number of methoxy groups -OCH3 is 1. The van der Waals surface area contributed by atoms with E-state index in [4.69, 9.17) is 9.47 Å². The van der Waals surface area contributed by atoms with E-state index in [1.807, 2.05) is 36.4 Å². The van der Waals surface area contributed by atoms with E-state index in [0.29, 0.717) is 11.3 Å². The molecule has 6 heteroatoms. The van der Waals surface area contributed by atoms with Gasteiger partial charge < -0.3 is 9.47 Å². The third kappa shape index (κ3) is 3.28. The van der Waals surface area contributed by atoms with Crippen LogP contribution in [-0.2, 0) is 4.74 Å². The van der Waals surface area contributed by atoms with Crippen LogP contribution in [0.5, 0.6) is 11.5 Å². The average Bonchev–Trinajstić information content (AvgIpc) is 2.61. The average molecular weight is 337 g/mol. The van der Waals surface area contributed by atoms with E-state index >= 15 is 0 Å². The predicted molar refractivity (Wildman–Crippen MR) is 93.2 cm³/mol. The number of esters is 1. The Morgan fingerprint density at radius 1 is 1.04 bits per heavy atom. The molecule has 0 saturated carbocycles. The Labute approximate surface area is 143 Å². The summed E-state index contributed by atoms with van der Waals surface area (Å²) in [6.07, 6.45) is 0. The van der Waals surface area contributed by atoms with Crippen LogP contribution in [0.2, 0.25) is 0 Å². The largest absolute Gasteiger partial charge is 0.465 e. The second kappa shape index (κ2) is 6.60. The van der Waals surface area contributed by atoms with Crippen LogP contribution < -0.4 is 4.74 Å². The molecule has 0 atom stereocenters. The summed E-state index contributed by atoms with van der Waals surface area (Å²) in [7, 11) is 1.22. The fraction of sp³-hybridized carbons (Fsp3) is 0.105.